The van der Waals surface area contributed by atoms with Crippen LogP contribution < -0.4 is 5.32 Å². The van der Waals surface area contributed by atoms with Crippen molar-refractivity contribution in [2.45, 2.75) is 20.3 Å². The van der Waals surface area contributed by atoms with Gasteiger partial charge in [-0.05, 0) is 18.1 Å². The molecular formula is C10H13FN2O. The Bertz CT molecular complexity index is 308. The Hall–Kier alpha value is -1.45. The Morgan fingerprint density at radius 2 is 2.29 bits per heavy atom. The predicted molar refractivity (Wildman–Crippen MR) is 52.3 cm³/mol. The normalized spacial score (nSPS) is 10.3. The third-order valence-corrected chi connectivity index (χ3v) is 1.60. The zero-order chi connectivity index (χ0) is 10.6. The summed E-state index contributed by atoms with van der Waals surface area (Å²) in [6.07, 6.45) is 1.75. The molecule has 0 atom stereocenters. The summed E-state index contributed by atoms with van der Waals surface area (Å²) in [5.74, 6) is -0.316. The fourth-order valence-electron chi connectivity index (χ4n) is 1.03. The summed E-state index contributed by atoms with van der Waals surface area (Å²) < 4.78 is 12.4. The van der Waals surface area contributed by atoms with Crippen LogP contribution in [-0.4, -0.2) is 10.9 Å². The molecule has 0 bridgehead atoms. The van der Waals surface area contributed by atoms with E-state index in [1.807, 2.05) is 13.8 Å². The standard InChI is InChI=1S/C10H13FN2O/c1-7(2)5-10(14)13-8-3-4-9(11)12-6-8/h3-4,6-7H,5H2,1-2H3,(H,13,14). The lowest BCUT2D eigenvalue weighted by molar-refractivity contribution is -0.116. The van der Waals surface area contributed by atoms with Crippen LogP contribution >= 0.6 is 0 Å². The Kier molecular flexibility index (Phi) is 3.56. The SMILES string of the molecule is CC(C)CC(=O)Nc1ccc(F)nc1. The van der Waals surface area contributed by atoms with E-state index in [9.17, 15) is 9.18 Å². The highest BCUT2D eigenvalue weighted by molar-refractivity contribution is 5.90. The topological polar surface area (TPSA) is 42.0 Å². The summed E-state index contributed by atoms with van der Waals surface area (Å²) in [7, 11) is 0. The zero-order valence-corrected chi connectivity index (χ0v) is 8.25. The number of hydrogen-bond donors (Lipinski definition) is 1. The van der Waals surface area contributed by atoms with Crippen molar-refractivity contribution >= 4 is 11.6 Å². The molecule has 0 aliphatic rings. The van der Waals surface area contributed by atoms with E-state index in [-0.39, 0.29) is 5.91 Å². The molecule has 0 saturated heterocycles. The molecule has 1 N–H and O–H groups in total. The van der Waals surface area contributed by atoms with E-state index < -0.39 is 5.95 Å². The van der Waals surface area contributed by atoms with Gasteiger partial charge in [-0.2, -0.15) is 4.39 Å². The van der Waals surface area contributed by atoms with Gasteiger partial charge in [0.1, 0.15) is 0 Å². The van der Waals surface area contributed by atoms with Crippen LogP contribution in [0.1, 0.15) is 20.3 Å². The van der Waals surface area contributed by atoms with Crippen LogP contribution in [0.15, 0.2) is 18.3 Å². The van der Waals surface area contributed by atoms with Gasteiger partial charge in [0.05, 0.1) is 11.9 Å². The fraction of sp³-hybridized carbons (Fsp3) is 0.400. The van der Waals surface area contributed by atoms with Gasteiger partial charge in [-0.1, -0.05) is 13.8 Å². The molecular weight excluding hydrogens is 183 g/mol. The molecule has 1 aromatic heterocycles. The quantitative estimate of drug-likeness (QED) is 0.753. The lowest BCUT2D eigenvalue weighted by Crippen LogP contribution is -2.13. The van der Waals surface area contributed by atoms with Crippen LogP contribution in [0.25, 0.3) is 0 Å². The summed E-state index contributed by atoms with van der Waals surface area (Å²) >= 11 is 0. The van der Waals surface area contributed by atoms with Crippen molar-refractivity contribution in [2.24, 2.45) is 5.92 Å². The number of pyridine rings is 1. The first-order chi connectivity index (χ1) is 6.58. The maximum Gasteiger partial charge on any atom is 0.224 e. The van der Waals surface area contributed by atoms with Gasteiger partial charge in [0.15, 0.2) is 0 Å². The molecule has 0 spiro atoms. The number of carbonyl (C=O) groups excluding carboxylic acids is 1. The molecule has 0 unspecified atom stereocenters. The smallest absolute Gasteiger partial charge is 0.224 e. The van der Waals surface area contributed by atoms with Crippen molar-refractivity contribution in [1.29, 1.82) is 0 Å². The molecule has 1 amide bonds. The van der Waals surface area contributed by atoms with Gasteiger partial charge in [-0.15, -0.1) is 0 Å². The Morgan fingerprint density at radius 3 is 2.79 bits per heavy atom. The Labute approximate surface area is 82.4 Å². The third-order valence-electron chi connectivity index (χ3n) is 1.60. The number of aromatic nitrogens is 1. The van der Waals surface area contributed by atoms with Crippen LogP contribution in [0.3, 0.4) is 0 Å². The Balaban J connectivity index is 2.52. The van der Waals surface area contributed by atoms with E-state index >= 15 is 0 Å². The second-order valence-electron chi connectivity index (χ2n) is 3.52. The van der Waals surface area contributed by atoms with Crippen LogP contribution in [0, 0.1) is 11.9 Å². The molecule has 0 aliphatic heterocycles. The number of rotatable bonds is 3. The molecule has 1 aromatic rings. The Morgan fingerprint density at radius 1 is 1.57 bits per heavy atom. The fourth-order valence-corrected chi connectivity index (χ4v) is 1.03. The molecule has 0 aliphatic carbocycles. The molecule has 0 radical (unpaired) electrons. The first kappa shape index (κ1) is 10.6. The maximum atomic E-state index is 12.4. The molecule has 76 valence electrons. The zero-order valence-electron chi connectivity index (χ0n) is 8.25. The molecule has 0 aromatic carbocycles. The molecule has 3 nitrogen and oxygen atoms in total. The summed E-state index contributed by atoms with van der Waals surface area (Å²) in [4.78, 5) is 14.7. The van der Waals surface area contributed by atoms with Crippen molar-refractivity contribution in [3.05, 3.63) is 24.3 Å². The number of nitrogens with zero attached hydrogens (tertiary/aromatic N) is 1. The van der Waals surface area contributed by atoms with E-state index in [1.165, 1.54) is 18.3 Å². The van der Waals surface area contributed by atoms with Crippen LogP contribution in [0.5, 0.6) is 0 Å². The van der Waals surface area contributed by atoms with E-state index in [4.69, 9.17) is 0 Å². The number of amides is 1. The third kappa shape index (κ3) is 3.51. The summed E-state index contributed by atoms with van der Waals surface area (Å²) in [5, 5.41) is 2.63. The van der Waals surface area contributed by atoms with Gasteiger partial charge in [-0.3, -0.25) is 4.79 Å². The van der Waals surface area contributed by atoms with Crippen LogP contribution in [-0.2, 0) is 4.79 Å². The van der Waals surface area contributed by atoms with E-state index in [1.54, 1.807) is 0 Å². The monoisotopic (exact) mass is 196 g/mol. The number of carbonyl (C=O) groups is 1. The first-order valence-corrected chi connectivity index (χ1v) is 4.49. The van der Waals surface area contributed by atoms with Crippen molar-refractivity contribution in [2.75, 3.05) is 5.32 Å². The van der Waals surface area contributed by atoms with Crippen LogP contribution in [0.4, 0.5) is 10.1 Å². The summed E-state index contributed by atoms with van der Waals surface area (Å²) in [5.41, 5.74) is 0.525. The summed E-state index contributed by atoms with van der Waals surface area (Å²) in [6, 6.07) is 2.70. The van der Waals surface area contributed by atoms with Gasteiger partial charge in [0.25, 0.3) is 0 Å². The number of nitrogens with one attached hydrogen (secondary N) is 1. The van der Waals surface area contributed by atoms with E-state index in [2.05, 4.69) is 10.3 Å². The second kappa shape index (κ2) is 4.69. The van der Waals surface area contributed by atoms with Crippen molar-refractivity contribution in [3.8, 4) is 0 Å². The van der Waals surface area contributed by atoms with Gasteiger partial charge in [-0.25, -0.2) is 4.98 Å². The predicted octanol–water partition coefficient (Wildman–Crippen LogP) is 2.21. The van der Waals surface area contributed by atoms with Gasteiger partial charge in [0.2, 0.25) is 11.9 Å². The van der Waals surface area contributed by atoms with Gasteiger partial charge < -0.3 is 5.32 Å². The lowest BCUT2D eigenvalue weighted by atomic mass is 10.1. The first-order valence-electron chi connectivity index (χ1n) is 4.49. The van der Waals surface area contributed by atoms with Crippen molar-refractivity contribution in [1.82, 2.24) is 4.98 Å². The summed E-state index contributed by atoms with van der Waals surface area (Å²) in [6.45, 7) is 3.92. The van der Waals surface area contributed by atoms with E-state index in [0.717, 1.165) is 0 Å². The second-order valence-corrected chi connectivity index (χ2v) is 3.52. The molecule has 0 fully saturated rings. The van der Waals surface area contributed by atoms with E-state index in [0.29, 0.717) is 18.0 Å². The number of halogens is 1. The highest BCUT2D eigenvalue weighted by Gasteiger charge is 2.05. The van der Waals surface area contributed by atoms with Crippen molar-refractivity contribution < 1.29 is 9.18 Å². The number of anilines is 1. The average Bonchev–Trinajstić information content (AvgIpc) is 2.07. The maximum absolute atomic E-state index is 12.4. The molecule has 0 saturated carbocycles. The highest BCUT2D eigenvalue weighted by Crippen LogP contribution is 2.07. The van der Waals surface area contributed by atoms with Gasteiger partial charge in [0, 0.05) is 6.42 Å². The van der Waals surface area contributed by atoms with Crippen LogP contribution in [0.2, 0.25) is 0 Å². The molecule has 1 heterocycles. The minimum absolute atomic E-state index is 0.0755. The minimum Gasteiger partial charge on any atom is -0.325 e. The largest absolute Gasteiger partial charge is 0.325 e. The molecule has 1 rings (SSSR count). The number of hydrogen-bond acceptors (Lipinski definition) is 2. The molecule has 4 heteroatoms. The van der Waals surface area contributed by atoms with Gasteiger partial charge >= 0.3 is 0 Å². The average molecular weight is 196 g/mol. The minimum atomic E-state index is -0.549. The molecule has 14 heavy (non-hydrogen) atoms. The highest BCUT2D eigenvalue weighted by atomic mass is 19.1. The lowest BCUT2D eigenvalue weighted by Gasteiger charge is -2.06. The van der Waals surface area contributed by atoms with Crippen molar-refractivity contribution in [3.63, 3.8) is 0 Å².